The molecule has 0 aliphatic heterocycles. The predicted octanol–water partition coefficient (Wildman–Crippen LogP) is 4.85. The normalized spacial score (nSPS) is 18.9. The molecule has 1 fully saturated rings. The van der Waals surface area contributed by atoms with E-state index < -0.39 is 0 Å². The molecule has 3 aromatic heterocycles. The topological polar surface area (TPSA) is 99.4 Å². The van der Waals surface area contributed by atoms with Crippen molar-refractivity contribution in [1.82, 2.24) is 19.7 Å². The van der Waals surface area contributed by atoms with Gasteiger partial charge < -0.3 is 10.3 Å². The summed E-state index contributed by atoms with van der Waals surface area (Å²) in [6.07, 6.45) is 7.31. The first-order valence-corrected chi connectivity index (χ1v) is 10.9. The van der Waals surface area contributed by atoms with Crippen LogP contribution in [0, 0.1) is 17.2 Å². The Kier molecular flexibility index (Phi) is 4.81. The Labute approximate surface area is 177 Å². The number of aromatic amines is 1. The van der Waals surface area contributed by atoms with Crippen LogP contribution in [0.1, 0.15) is 31.7 Å². The second-order valence-corrected chi connectivity index (χ2v) is 8.38. The van der Waals surface area contributed by atoms with Crippen molar-refractivity contribution in [3.8, 4) is 16.6 Å². The number of fused-ring (bicyclic) bond motifs is 1. The Balaban J connectivity index is 1.53. The molecule has 7 nitrogen and oxygen atoms in total. The molecule has 4 aromatic rings. The molecule has 2 N–H and O–H groups in total. The van der Waals surface area contributed by atoms with Crippen molar-refractivity contribution in [1.29, 1.82) is 5.26 Å². The van der Waals surface area contributed by atoms with E-state index in [4.69, 9.17) is 5.10 Å². The highest BCUT2D eigenvalue weighted by Gasteiger charge is 2.29. The van der Waals surface area contributed by atoms with Crippen LogP contribution < -0.4 is 10.9 Å². The molecule has 30 heavy (non-hydrogen) atoms. The third kappa shape index (κ3) is 3.27. The van der Waals surface area contributed by atoms with Crippen LogP contribution in [0.2, 0.25) is 0 Å². The van der Waals surface area contributed by atoms with Crippen LogP contribution in [0.3, 0.4) is 0 Å². The number of hydrogen-bond acceptors (Lipinski definition) is 6. The van der Waals surface area contributed by atoms with E-state index in [1.807, 2.05) is 40.4 Å². The molecule has 150 valence electrons. The third-order valence-corrected chi connectivity index (χ3v) is 6.49. The van der Waals surface area contributed by atoms with Crippen LogP contribution >= 0.6 is 11.3 Å². The highest BCUT2D eigenvalue weighted by atomic mass is 32.1. The van der Waals surface area contributed by atoms with Gasteiger partial charge in [0, 0.05) is 29.0 Å². The molecule has 5 rings (SSSR count). The Bertz CT molecular complexity index is 1270. The maximum Gasteiger partial charge on any atom is 0.261 e. The molecule has 0 unspecified atom stereocenters. The lowest BCUT2D eigenvalue weighted by atomic mass is 9.85. The minimum Gasteiger partial charge on any atom is -0.338 e. The summed E-state index contributed by atoms with van der Waals surface area (Å²) < 4.78 is 1.88. The van der Waals surface area contributed by atoms with Gasteiger partial charge in [-0.1, -0.05) is 12.8 Å². The fourth-order valence-corrected chi connectivity index (χ4v) is 4.84. The van der Waals surface area contributed by atoms with Crippen molar-refractivity contribution < 1.29 is 0 Å². The van der Waals surface area contributed by atoms with E-state index in [1.54, 1.807) is 23.7 Å². The second kappa shape index (κ2) is 7.76. The molecule has 8 heteroatoms. The highest BCUT2D eigenvalue weighted by Crippen LogP contribution is 2.36. The van der Waals surface area contributed by atoms with Gasteiger partial charge in [-0.05, 0) is 43.2 Å². The summed E-state index contributed by atoms with van der Waals surface area (Å²) in [5.74, 6) is 0.419. The van der Waals surface area contributed by atoms with Crippen molar-refractivity contribution in [2.45, 2.75) is 31.7 Å². The van der Waals surface area contributed by atoms with Crippen LogP contribution in [0.15, 0.2) is 52.9 Å². The number of aromatic nitrogens is 4. The number of nitrogens with one attached hydrogen (secondary N) is 2. The van der Waals surface area contributed by atoms with Gasteiger partial charge in [-0.3, -0.25) is 9.48 Å². The van der Waals surface area contributed by atoms with Gasteiger partial charge in [0.05, 0.1) is 23.5 Å². The number of H-pyrrole nitrogens is 1. The minimum atomic E-state index is -0.190. The number of nitrogens with zero attached hydrogens (tertiary/aromatic N) is 4. The first-order chi connectivity index (χ1) is 14.7. The van der Waals surface area contributed by atoms with Crippen LogP contribution in [-0.2, 0) is 0 Å². The smallest absolute Gasteiger partial charge is 0.261 e. The standard InChI is InChI=1S/C22H20N6OS/c23-13-15-3-1-2-4-17(15)28-18-9-10-24-21(29)19(18)20(27-28)26-16-7-5-14(6-8-16)22-25-11-12-30-22/h5-12,15,17H,1-4H2,(H,24,29)(H,26,27)/t15-,17+/m1/s1. The maximum absolute atomic E-state index is 12.6. The molecule has 1 aliphatic carbocycles. The fraction of sp³-hybridized carbons (Fsp3) is 0.273. The first-order valence-electron chi connectivity index (χ1n) is 10.0. The summed E-state index contributed by atoms with van der Waals surface area (Å²) in [5, 5.41) is 21.1. The summed E-state index contributed by atoms with van der Waals surface area (Å²) in [5.41, 5.74) is 2.45. The summed E-state index contributed by atoms with van der Waals surface area (Å²) in [6, 6.07) is 12.2. The molecule has 2 atom stereocenters. The molecule has 1 saturated carbocycles. The zero-order valence-corrected chi connectivity index (χ0v) is 17.0. The summed E-state index contributed by atoms with van der Waals surface area (Å²) >= 11 is 1.59. The Hall–Kier alpha value is -3.44. The monoisotopic (exact) mass is 416 g/mol. The number of anilines is 2. The lowest BCUT2D eigenvalue weighted by molar-refractivity contribution is 0.277. The molecule has 0 saturated heterocycles. The fourth-order valence-electron chi connectivity index (χ4n) is 4.19. The number of thiazole rings is 1. The molecule has 0 radical (unpaired) electrons. The molecule has 0 amide bonds. The van der Waals surface area contributed by atoms with Crippen molar-refractivity contribution in [2.75, 3.05) is 5.32 Å². The minimum absolute atomic E-state index is 0.0177. The first kappa shape index (κ1) is 18.6. The van der Waals surface area contributed by atoms with E-state index >= 15 is 0 Å². The van der Waals surface area contributed by atoms with E-state index in [-0.39, 0.29) is 17.5 Å². The van der Waals surface area contributed by atoms with Crippen LogP contribution in [0.5, 0.6) is 0 Å². The molecule has 0 bridgehead atoms. The molecular weight excluding hydrogens is 396 g/mol. The second-order valence-electron chi connectivity index (χ2n) is 7.49. The van der Waals surface area contributed by atoms with E-state index in [9.17, 15) is 10.1 Å². The average Bonchev–Trinajstić information content (AvgIpc) is 3.44. The van der Waals surface area contributed by atoms with E-state index in [2.05, 4.69) is 21.4 Å². The van der Waals surface area contributed by atoms with Gasteiger partial charge >= 0.3 is 0 Å². The van der Waals surface area contributed by atoms with Crippen molar-refractivity contribution in [3.63, 3.8) is 0 Å². The number of nitriles is 1. The largest absolute Gasteiger partial charge is 0.338 e. The Morgan fingerprint density at radius 3 is 2.80 bits per heavy atom. The van der Waals surface area contributed by atoms with Crippen molar-refractivity contribution in [2.24, 2.45) is 5.92 Å². The number of pyridine rings is 1. The van der Waals surface area contributed by atoms with Gasteiger partial charge in [0.2, 0.25) is 0 Å². The molecular formula is C22H20N6OS. The average molecular weight is 417 g/mol. The lowest BCUT2D eigenvalue weighted by Crippen LogP contribution is -2.23. The number of benzene rings is 1. The number of hydrogen-bond donors (Lipinski definition) is 2. The van der Waals surface area contributed by atoms with Crippen LogP contribution in [0.4, 0.5) is 11.5 Å². The van der Waals surface area contributed by atoms with Crippen LogP contribution in [-0.4, -0.2) is 19.7 Å². The third-order valence-electron chi connectivity index (χ3n) is 5.67. The summed E-state index contributed by atoms with van der Waals surface area (Å²) in [4.78, 5) is 19.7. The van der Waals surface area contributed by atoms with Crippen molar-refractivity contribution >= 4 is 33.7 Å². The maximum atomic E-state index is 12.6. The highest BCUT2D eigenvalue weighted by molar-refractivity contribution is 7.13. The van der Waals surface area contributed by atoms with E-state index in [1.165, 1.54) is 0 Å². The lowest BCUT2D eigenvalue weighted by Gasteiger charge is -2.27. The van der Waals surface area contributed by atoms with Gasteiger partial charge in [0.1, 0.15) is 10.4 Å². The van der Waals surface area contributed by atoms with Gasteiger partial charge in [-0.25, -0.2) is 4.98 Å². The number of rotatable bonds is 4. The molecule has 0 spiro atoms. The van der Waals surface area contributed by atoms with Crippen molar-refractivity contribution in [3.05, 3.63) is 58.5 Å². The summed E-state index contributed by atoms with van der Waals surface area (Å²) in [7, 11) is 0. The Morgan fingerprint density at radius 2 is 2.03 bits per heavy atom. The van der Waals surface area contributed by atoms with E-state index in [0.29, 0.717) is 11.2 Å². The molecule has 3 heterocycles. The van der Waals surface area contributed by atoms with Crippen LogP contribution in [0.25, 0.3) is 21.5 Å². The summed E-state index contributed by atoms with van der Waals surface area (Å²) in [6.45, 7) is 0. The predicted molar refractivity (Wildman–Crippen MR) is 118 cm³/mol. The Morgan fingerprint density at radius 1 is 1.20 bits per heavy atom. The van der Waals surface area contributed by atoms with Gasteiger partial charge in [-0.15, -0.1) is 11.3 Å². The molecule has 1 aromatic carbocycles. The van der Waals surface area contributed by atoms with Gasteiger partial charge in [0.15, 0.2) is 5.82 Å². The van der Waals surface area contributed by atoms with E-state index in [0.717, 1.165) is 47.5 Å². The zero-order valence-electron chi connectivity index (χ0n) is 16.2. The van der Waals surface area contributed by atoms with Gasteiger partial charge in [0.25, 0.3) is 5.56 Å². The quantitative estimate of drug-likeness (QED) is 0.496. The SMILES string of the molecule is N#C[C@H]1CCCC[C@@H]1n1nc(Nc2ccc(-c3nccs3)cc2)c2c(=O)[nH]ccc21. The zero-order chi connectivity index (χ0) is 20.5. The molecule has 1 aliphatic rings. The van der Waals surface area contributed by atoms with Gasteiger partial charge in [-0.2, -0.15) is 10.4 Å².